The standard InChI is InChI=1S/C24H24N2O5/c1-14-13-26(20-7-5-4-6-19(20)23(28)25-14)22(27)11-10-18-15(2)17-9-8-16(30-3)12-21(17)31-24(18)29/h4-9,12,14H,10-11,13H2,1-3H3,(H,25,28)/t14-/m1/s1. The lowest BCUT2D eigenvalue weighted by Crippen LogP contribution is -2.41. The van der Waals surface area contributed by atoms with Gasteiger partial charge in [-0.2, -0.15) is 0 Å². The fourth-order valence-electron chi connectivity index (χ4n) is 4.01. The average Bonchev–Trinajstić information content (AvgIpc) is 2.89. The fourth-order valence-corrected chi connectivity index (χ4v) is 4.01. The number of anilines is 1. The van der Waals surface area contributed by atoms with Crippen LogP contribution < -0.4 is 20.6 Å². The molecular weight excluding hydrogens is 396 g/mol. The van der Waals surface area contributed by atoms with Crippen molar-refractivity contribution in [3.05, 3.63) is 69.6 Å². The SMILES string of the molecule is COc1ccc2c(C)c(CCC(=O)N3C[C@@H](C)NC(=O)c4ccccc43)c(=O)oc2c1. The Hall–Kier alpha value is -3.61. The van der Waals surface area contributed by atoms with E-state index >= 15 is 0 Å². The molecule has 0 saturated carbocycles. The highest BCUT2D eigenvalue weighted by Gasteiger charge is 2.28. The number of benzene rings is 2. The van der Waals surface area contributed by atoms with Gasteiger partial charge in [0.15, 0.2) is 0 Å². The second-order valence-corrected chi connectivity index (χ2v) is 7.75. The minimum Gasteiger partial charge on any atom is -0.497 e. The van der Waals surface area contributed by atoms with E-state index in [-0.39, 0.29) is 30.7 Å². The molecule has 0 spiro atoms. The zero-order chi connectivity index (χ0) is 22.1. The van der Waals surface area contributed by atoms with Gasteiger partial charge in [0.1, 0.15) is 11.3 Å². The van der Waals surface area contributed by atoms with Gasteiger partial charge in [0.25, 0.3) is 5.91 Å². The Labute approximate surface area is 179 Å². The number of carbonyl (C=O) groups is 2. The van der Waals surface area contributed by atoms with Crippen molar-refractivity contribution in [1.82, 2.24) is 5.32 Å². The maximum atomic E-state index is 13.1. The molecule has 1 aliphatic rings. The van der Waals surface area contributed by atoms with Crippen molar-refractivity contribution in [2.24, 2.45) is 0 Å². The van der Waals surface area contributed by atoms with Crippen LogP contribution in [0.15, 0.2) is 51.7 Å². The summed E-state index contributed by atoms with van der Waals surface area (Å²) < 4.78 is 10.7. The summed E-state index contributed by atoms with van der Waals surface area (Å²) in [4.78, 5) is 39.8. The van der Waals surface area contributed by atoms with Crippen molar-refractivity contribution in [1.29, 1.82) is 0 Å². The number of ether oxygens (including phenoxy) is 1. The van der Waals surface area contributed by atoms with Gasteiger partial charge in [-0.25, -0.2) is 4.79 Å². The van der Waals surface area contributed by atoms with Gasteiger partial charge in [-0.05, 0) is 50.1 Å². The molecular formula is C24H24N2O5. The van der Waals surface area contributed by atoms with Crippen LogP contribution in [-0.4, -0.2) is 31.5 Å². The number of nitrogens with one attached hydrogen (secondary N) is 1. The summed E-state index contributed by atoms with van der Waals surface area (Å²) in [5.41, 5.74) is 2.34. The average molecular weight is 420 g/mol. The molecule has 1 N–H and O–H groups in total. The summed E-state index contributed by atoms with van der Waals surface area (Å²) in [5.74, 6) is 0.263. The lowest BCUT2D eigenvalue weighted by atomic mass is 10.0. The Bertz CT molecular complexity index is 1230. The van der Waals surface area contributed by atoms with Crippen LogP contribution in [0.25, 0.3) is 11.0 Å². The molecule has 160 valence electrons. The van der Waals surface area contributed by atoms with E-state index < -0.39 is 5.63 Å². The van der Waals surface area contributed by atoms with Crippen LogP contribution in [0, 0.1) is 6.92 Å². The zero-order valence-corrected chi connectivity index (χ0v) is 17.7. The first-order valence-electron chi connectivity index (χ1n) is 10.2. The van der Waals surface area contributed by atoms with Gasteiger partial charge >= 0.3 is 5.63 Å². The summed E-state index contributed by atoms with van der Waals surface area (Å²) in [5, 5.41) is 3.71. The fraction of sp³-hybridized carbons (Fsp3) is 0.292. The van der Waals surface area contributed by atoms with E-state index in [0.29, 0.717) is 34.7 Å². The number of amides is 2. The topological polar surface area (TPSA) is 88.9 Å². The quantitative estimate of drug-likeness (QED) is 0.655. The van der Waals surface area contributed by atoms with Crippen LogP contribution in [0.3, 0.4) is 0 Å². The zero-order valence-electron chi connectivity index (χ0n) is 17.7. The molecule has 0 radical (unpaired) electrons. The molecule has 0 aliphatic carbocycles. The maximum Gasteiger partial charge on any atom is 0.339 e. The summed E-state index contributed by atoms with van der Waals surface area (Å²) in [6, 6.07) is 12.2. The van der Waals surface area contributed by atoms with E-state index in [1.807, 2.05) is 26.0 Å². The molecule has 0 bridgehead atoms. The Balaban J connectivity index is 1.61. The highest BCUT2D eigenvalue weighted by atomic mass is 16.5. The molecule has 3 aromatic rings. The molecule has 4 rings (SSSR count). The van der Waals surface area contributed by atoms with Gasteiger partial charge in [0, 0.05) is 36.0 Å². The van der Waals surface area contributed by atoms with Crippen LogP contribution in [0.2, 0.25) is 0 Å². The molecule has 7 heteroatoms. The number of carbonyl (C=O) groups excluding carboxylic acids is 2. The normalized spacial score (nSPS) is 15.9. The van der Waals surface area contributed by atoms with Gasteiger partial charge in [0.05, 0.1) is 18.4 Å². The highest BCUT2D eigenvalue weighted by Crippen LogP contribution is 2.26. The molecule has 2 heterocycles. The Morgan fingerprint density at radius 2 is 2.00 bits per heavy atom. The Morgan fingerprint density at radius 3 is 2.77 bits per heavy atom. The lowest BCUT2D eigenvalue weighted by Gasteiger charge is -2.24. The molecule has 7 nitrogen and oxygen atoms in total. The van der Waals surface area contributed by atoms with E-state index in [1.54, 1.807) is 42.3 Å². The molecule has 1 aromatic heterocycles. The lowest BCUT2D eigenvalue weighted by molar-refractivity contribution is -0.118. The third-order valence-electron chi connectivity index (χ3n) is 5.66. The first-order valence-corrected chi connectivity index (χ1v) is 10.2. The van der Waals surface area contributed by atoms with Gasteiger partial charge in [-0.15, -0.1) is 0 Å². The summed E-state index contributed by atoms with van der Waals surface area (Å²) >= 11 is 0. The van der Waals surface area contributed by atoms with E-state index in [4.69, 9.17) is 9.15 Å². The largest absolute Gasteiger partial charge is 0.497 e. The number of rotatable bonds is 4. The van der Waals surface area contributed by atoms with E-state index in [0.717, 1.165) is 10.9 Å². The van der Waals surface area contributed by atoms with Gasteiger partial charge in [-0.3, -0.25) is 9.59 Å². The predicted molar refractivity (Wildman–Crippen MR) is 118 cm³/mol. The Kier molecular flexibility index (Phi) is 5.50. The van der Waals surface area contributed by atoms with Crippen molar-refractivity contribution in [2.75, 3.05) is 18.6 Å². The third kappa shape index (κ3) is 3.91. The van der Waals surface area contributed by atoms with Crippen LogP contribution in [-0.2, 0) is 11.2 Å². The molecule has 1 aliphatic heterocycles. The monoisotopic (exact) mass is 420 g/mol. The smallest absolute Gasteiger partial charge is 0.339 e. The van der Waals surface area contributed by atoms with Crippen molar-refractivity contribution in [2.45, 2.75) is 32.7 Å². The predicted octanol–water partition coefficient (Wildman–Crippen LogP) is 3.21. The number of hydrogen-bond acceptors (Lipinski definition) is 5. The minimum absolute atomic E-state index is 0.127. The first kappa shape index (κ1) is 20.7. The van der Waals surface area contributed by atoms with Crippen LogP contribution in [0.5, 0.6) is 5.75 Å². The van der Waals surface area contributed by atoms with Crippen molar-refractivity contribution in [3.63, 3.8) is 0 Å². The number of fused-ring (bicyclic) bond motifs is 2. The number of nitrogens with zero attached hydrogens (tertiary/aromatic N) is 1. The molecule has 2 amide bonds. The van der Waals surface area contributed by atoms with Crippen LogP contribution in [0.1, 0.15) is 34.8 Å². The van der Waals surface area contributed by atoms with Crippen LogP contribution >= 0.6 is 0 Å². The van der Waals surface area contributed by atoms with Gasteiger partial charge < -0.3 is 19.4 Å². The molecule has 0 unspecified atom stereocenters. The molecule has 2 aromatic carbocycles. The van der Waals surface area contributed by atoms with Crippen molar-refractivity contribution < 1.29 is 18.7 Å². The number of aryl methyl sites for hydroxylation is 1. The third-order valence-corrected chi connectivity index (χ3v) is 5.66. The first-order chi connectivity index (χ1) is 14.9. The Morgan fingerprint density at radius 1 is 1.23 bits per heavy atom. The summed E-state index contributed by atoms with van der Waals surface area (Å²) in [6.07, 6.45) is 0.381. The second kappa shape index (κ2) is 8.26. The number of hydrogen-bond donors (Lipinski definition) is 1. The van der Waals surface area contributed by atoms with Crippen LogP contribution in [0.4, 0.5) is 5.69 Å². The molecule has 0 fully saturated rings. The summed E-state index contributed by atoms with van der Waals surface area (Å²) in [7, 11) is 1.55. The number of para-hydroxylation sites is 1. The molecule has 1 atom stereocenters. The van der Waals surface area contributed by atoms with Gasteiger partial charge in [-0.1, -0.05) is 12.1 Å². The van der Waals surface area contributed by atoms with E-state index in [1.165, 1.54) is 0 Å². The molecule has 0 saturated heterocycles. The van der Waals surface area contributed by atoms with Crippen molar-refractivity contribution in [3.8, 4) is 5.75 Å². The maximum absolute atomic E-state index is 13.1. The minimum atomic E-state index is -0.451. The van der Waals surface area contributed by atoms with E-state index in [2.05, 4.69) is 5.32 Å². The highest BCUT2D eigenvalue weighted by molar-refractivity contribution is 6.06. The number of methoxy groups -OCH3 is 1. The second-order valence-electron chi connectivity index (χ2n) is 7.75. The van der Waals surface area contributed by atoms with Gasteiger partial charge in [0.2, 0.25) is 5.91 Å². The molecule has 31 heavy (non-hydrogen) atoms. The van der Waals surface area contributed by atoms with Crippen molar-refractivity contribution >= 4 is 28.5 Å². The van der Waals surface area contributed by atoms with E-state index in [9.17, 15) is 14.4 Å². The summed E-state index contributed by atoms with van der Waals surface area (Å²) in [6.45, 7) is 4.09.